The van der Waals surface area contributed by atoms with Gasteiger partial charge >= 0.3 is 0 Å². The van der Waals surface area contributed by atoms with Crippen LogP contribution in [0.5, 0.6) is 0 Å². The molecule has 76 valence electrons. The summed E-state index contributed by atoms with van der Waals surface area (Å²) in [5.74, 6) is 0.615. The molecule has 2 aliphatic rings. The highest BCUT2D eigenvalue weighted by Crippen LogP contribution is 2.33. The van der Waals surface area contributed by atoms with E-state index in [0.29, 0.717) is 5.82 Å². The van der Waals surface area contributed by atoms with Crippen LogP contribution in [0.15, 0.2) is 29.6 Å². The van der Waals surface area contributed by atoms with E-state index in [2.05, 4.69) is 15.6 Å². The van der Waals surface area contributed by atoms with E-state index in [1.165, 1.54) is 0 Å². The Balaban J connectivity index is 2.08. The van der Waals surface area contributed by atoms with Crippen molar-refractivity contribution in [2.45, 2.75) is 19.3 Å². The average Bonchev–Trinajstić information content (AvgIpc) is 2.64. The summed E-state index contributed by atoms with van der Waals surface area (Å²) in [4.78, 5) is 15.9. The van der Waals surface area contributed by atoms with E-state index in [9.17, 15) is 4.79 Å². The summed E-state index contributed by atoms with van der Waals surface area (Å²) < 4.78 is 0. The minimum absolute atomic E-state index is 0.00699. The SMILES string of the molecule is O=C1Nc2ncccc2NC2=C1CCC2. The summed E-state index contributed by atoms with van der Waals surface area (Å²) in [6.07, 6.45) is 4.55. The maximum Gasteiger partial charge on any atom is 0.254 e. The van der Waals surface area contributed by atoms with Gasteiger partial charge in [0.15, 0.2) is 5.82 Å². The Hall–Kier alpha value is -1.84. The molecule has 4 nitrogen and oxygen atoms in total. The lowest BCUT2D eigenvalue weighted by Crippen LogP contribution is -2.13. The van der Waals surface area contributed by atoms with Crippen molar-refractivity contribution >= 4 is 17.4 Å². The molecule has 1 aromatic rings. The first-order valence-electron chi connectivity index (χ1n) is 5.10. The van der Waals surface area contributed by atoms with Gasteiger partial charge in [0.1, 0.15) is 0 Å². The third-order valence-electron chi connectivity index (χ3n) is 2.82. The van der Waals surface area contributed by atoms with Crippen LogP contribution in [0, 0.1) is 0 Å². The van der Waals surface area contributed by atoms with Gasteiger partial charge in [0.2, 0.25) is 0 Å². The van der Waals surface area contributed by atoms with Gasteiger partial charge in [-0.15, -0.1) is 0 Å². The Bertz CT molecular complexity index is 465. The Morgan fingerprint density at radius 2 is 2.20 bits per heavy atom. The highest BCUT2D eigenvalue weighted by Gasteiger charge is 2.25. The zero-order valence-corrected chi connectivity index (χ0v) is 8.21. The number of aromatic nitrogens is 1. The third kappa shape index (κ3) is 1.29. The number of nitrogens with one attached hydrogen (secondary N) is 2. The fourth-order valence-corrected chi connectivity index (χ4v) is 2.08. The second-order valence-electron chi connectivity index (χ2n) is 3.79. The van der Waals surface area contributed by atoms with Crippen LogP contribution >= 0.6 is 0 Å². The van der Waals surface area contributed by atoms with Crippen LogP contribution in [-0.4, -0.2) is 10.9 Å². The lowest BCUT2D eigenvalue weighted by Gasteiger charge is -2.07. The number of pyridine rings is 1. The van der Waals surface area contributed by atoms with Crippen LogP contribution in [0.2, 0.25) is 0 Å². The largest absolute Gasteiger partial charge is 0.355 e. The monoisotopic (exact) mass is 201 g/mol. The molecule has 4 heteroatoms. The Labute approximate surface area is 87.4 Å². The topological polar surface area (TPSA) is 54.0 Å². The molecule has 0 atom stereocenters. The standard InChI is InChI=1S/C11H11N3O/c15-11-7-3-1-4-8(7)13-9-5-2-6-12-10(9)14-11/h2,5-6,13H,1,3-4H2,(H,12,14,15). The second-order valence-corrected chi connectivity index (χ2v) is 3.79. The summed E-state index contributed by atoms with van der Waals surface area (Å²) in [5.41, 5.74) is 2.82. The molecule has 0 saturated heterocycles. The Kier molecular flexibility index (Phi) is 1.74. The molecular weight excluding hydrogens is 190 g/mol. The number of nitrogens with zero attached hydrogens (tertiary/aromatic N) is 1. The van der Waals surface area contributed by atoms with Crippen LogP contribution in [0.25, 0.3) is 0 Å². The molecule has 3 rings (SSSR count). The van der Waals surface area contributed by atoms with Crippen molar-refractivity contribution < 1.29 is 4.79 Å². The van der Waals surface area contributed by atoms with Crippen molar-refractivity contribution in [2.75, 3.05) is 10.6 Å². The molecule has 0 fully saturated rings. The Morgan fingerprint density at radius 1 is 1.27 bits per heavy atom. The predicted molar refractivity (Wildman–Crippen MR) is 57.4 cm³/mol. The summed E-state index contributed by atoms with van der Waals surface area (Å²) in [6.45, 7) is 0. The maximum absolute atomic E-state index is 11.8. The summed E-state index contributed by atoms with van der Waals surface area (Å²) in [7, 11) is 0. The minimum Gasteiger partial charge on any atom is -0.355 e. The molecule has 0 radical (unpaired) electrons. The van der Waals surface area contributed by atoms with Crippen molar-refractivity contribution in [3.8, 4) is 0 Å². The first-order valence-corrected chi connectivity index (χ1v) is 5.10. The third-order valence-corrected chi connectivity index (χ3v) is 2.82. The molecular formula is C11H11N3O. The predicted octanol–water partition coefficient (Wildman–Crippen LogP) is 1.88. The molecule has 0 bridgehead atoms. The van der Waals surface area contributed by atoms with E-state index >= 15 is 0 Å². The number of amides is 1. The van der Waals surface area contributed by atoms with Gasteiger partial charge in [0.25, 0.3) is 5.91 Å². The first kappa shape index (κ1) is 8.47. The number of fused-ring (bicyclic) bond motifs is 1. The van der Waals surface area contributed by atoms with Crippen molar-refractivity contribution in [1.82, 2.24) is 4.98 Å². The molecule has 0 aromatic carbocycles. The van der Waals surface area contributed by atoms with Crippen LogP contribution in [0.1, 0.15) is 19.3 Å². The summed E-state index contributed by atoms with van der Waals surface area (Å²) in [6, 6.07) is 3.79. The number of rotatable bonds is 0. The van der Waals surface area contributed by atoms with Crippen molar-refractivity contribution in [3.63, 3.8) is 0 Å². The van der Waals surface area contributed by atoms with Gasteiger partial charge in [-0.05, 0) is 31.4 Å². The fourth-order valence-electron chi connectivity index (χ4n) is 2.08. The van der Waals surface area contributed by atoms with Gasteiger partial charge in [-0.3, -0.25) is 4.79 Å². The molecule has 0 spiro atoms. The van der Waals surface area contributed by atoms with Crippen LogP contribution in [0.4, 0.5) is 11.5 Å². The van der Waals surface area contributed by atoms with Gasteiger partial charge < -0.3 is 10.6 Å². The van der Waals surface area contributed by atoms with Crippen molar-refractivity contribution in [1.29, 1.82) is 0 Å². The average molecular weight is 201 g/mol. The minimum atomic E-state index is -0.00699. The molecule has 15 heavy (non-hydrogen) atoms. The van der Waals surface area contributed by atoms with E-state index in [0.717, 1.165) is 36.2 Å². The number of allylic oxidation sites excluding steroid dienone is 1. The number of carbonyl (C=O) groups excluding carboxylic acids is 1. The summed E-state index contributed by atoms with van der Waals surface area (Å²) in [5, 5.41) is 6.11. The van der Waals surface area contributed by atoms with E-state index in [4.69, 9.17) is 0 Å². The van der Waals surface area contributed by atoms with Crippen LogP contribution < -0.4 is 10.6 Å². The van der Waals surface area contributed by atoms with Crippen molar-refractivity contribution in [2.24, 2.45) is 0 Å². The smallest absolute Gasteiger partial charge is 0.254 e. The first-order chi connectivity index (χ1) is 7.34. The fraction of sp³-hybridized carbons (Fsp3) is 0.273. The molecule has 1 aliphatic carbocycles. The summed E-state index contributed by atoms with van der Waals surface area (Å²) >= 11 is 0. The van der Waals surface area contributed by atoms with Gasteiger partial charge in [0, 0.05) is 17.5 Å². The van der Waals surface area contributed by atoms with E-state index in [1.807, 2.05) is 12.1 Å². The molecule has 1 aromatic heterocycles. The van der Waals surface area contributed by atoms with E-state index in [1.54, 1.807) is 6.20 Å². The highest BCUT2D eigenvalue weighted by atomic mass is 16.1. The van der Waals surface area contributed by atoms with Crippen LogP contribution in [-0.2, 0) is 4.79 Å². The number of carbonyl (C=O) groups is 1. The molecule has 2 N–H and O–H groups in total. The zero-order chi connectivity index (χ0) is 10.3. The normalized spacial score (nSPS) is 18.8. The molecule has 0 saturated carbocycles. The lowest BCUT2D eigenvalue weighted by molar-refractivity contribution is -0.113. The number of anilines is 2. The maximum atomic E-state index is 11.8. The molecule has 0 unspecified atom stereocenters. The molecule has 2 heterocycles. The quantitative estimate of drug-likeness (QED) is 0.673. The Morgan fingerprint density at radius 3 is 3.13 bits per heavy atom. The number of hydrogen-bond donors (Lipinski definition) is 2. The molecule has 1 amide bonds. The second kappa shape index (κ2) is 3.08. The molecule has 1 aliphatic heterocycles. The van der Waals surface area contributed by atoms with Gasteiger partial charge in [-0.2, -0.15) is 0 Å². The van der Waals surface area contributed by atoms with Gasteiger partial charge in [0.05, 0.1) is 5.69 Å². The van der Waals surface area contributed by atoms with Gasteiger partial charge in [-0.25, -0.2) is 4.98 Å². The lowest BCUT2D eigenvalue weighted by atomic mass is 10.2. The highest BCUT2D eigenvalue weighted by molar-refractivity contribution is 6.07. The number of hydrogen-bond acceptors (Lipinski definition) is 3. The van der Waals surface area contributed by atoms with Crippen LogP contribution in [0.3, 0.4) is 0 Å². The zero-order valence-electron chi connectivity index (χ0n) is 8.21. The van der Waals surface area contributed by atoms with Gasteiger partial charge in [-0.1, -0.05) is 0 Å². The van der Waals surface area contributed by atoms with Crippen molar-refractivity contribution in [3.05, 3.63) is 29.6 Å². The van der Waals surface area contributed by atoms with E-state index in [-0.39, 0.29) is 5.91 Å². The van der Waals surface area contributed by atoms with E-state index < -0.39 is 0 Å².